The second-order valence-corrected chi connectivity index (χ2v) is 18.6. The summed E-state index contributed by atoms with van der Waals surface area (Å²) < 4.78 is 56.2. The van der Waals surface area contributed by atoms with Crippen LogP contribution in [0, 0.1) is 5.92 Å². The summed E-state index contributed by atoms with van der Waals surface area (Å²) in [5.41, 5.74) is -0.674. The van der Waals surface area contributed by atoms with E-state index in [2.05, 4.69) is 16.0 Å². The lowest BCUT2D eigenvalue weighted by atomic mass is 9.75. The Bertz CT molecular complexity index is 2540. The molecule has 1 aromatic heterocycles. The summed E-state index contributed by atoms with van der Waals surface area (Å²) in [5, 5.41) is 8.15. The maximum atomic E-state index is 14.6. The average Bonchev–Trinajstić information content (AvgIpc) is 3.87. The number of aromatic nitrogens is 1. The summed E-state index contributed by atoms with van der Waals surface area (Å²) in [6, 6.07) is 16.0. The molecule has 6 amide bonds. The van der Waals surface area contributed by atoms with E-state index in [1.165, 1.54) is 29.2 Å². The fraction of sp³-hybridized carbons (Fsp3) is 0.409. The molecule has 0 radical (unpaired) electrons. The van der Waals surface area contributed by atoms with E-state index in [0.717, 1.165) is 0 Å². The fourth-order valence-electron chi connectivity index (χ4n) is 7.57. The van der Waals surface area contributed by atoms with Gasteiger partial charge >= 0.3 is 12.1 Å². The Morgan fingerprint density at radius 2 is 1.67 bits per heavy atom. The SMILES string of the molecule is COc1ccc2c(O[C@@H]3C[C@@H](C(=O)NC4(C(=O)NC(=O)NS(=O)(=O)c5ccccc5)CCC4)N(C(=O)[C@@H](NC(=O)OC(C)(C)C)C(C)C)C3)cc(-c3ccc4c(c3)OCO4)nc2c1. The van der Waals surface area contributed by atoms with E-state index in [9.17, 15) is 32.4 Å². The topological polar surface area (TPSA) is 230 Å². The molecule has 334 valence electrons. The maximum absolute atomic E-state index is 14.6. The van der Waals surface area contributed by atoms with Crippen molar-refractivity contribution in [2.24, 2.45) is 5.92 Å². The first-order valence-electron chi connectivity index (χ1n) is 20.5. The molecule has 3 aliphatic rings. The van der Waals surface area contributed by atoms with Gasteiger partial charge in [0.05, 0.1) is 29.8 Å². The summed E-state index contributed by atoms with van der Waals surface area (Å²) in [6.07, 6.45) is -0.882. The summed E-state index contributed by atoms with van der Waals surface area (Å²) in [4.78, 5) is 74.6. The minimum Gasteiger partial charge on any atom is -0.497 e. The molecule has 3 aromatic carbocycles. The molecule has 2 fully saturated rings. The Labute approximate surface area is 364 Å². The van der Waals surface area contributed by atoms with E-state index in [-0.39, 0.29) is 37.5 Å². The molecule has 7 rings (SSSR count). The monoisotopic (exact) mass is 886 g/mol. The second kappa shape index (κ2) is 17.6. The van der Waals surface area contributed by atoms with Crippen LogP contribution in [-0.4, -0.2) is 97.9 Å². The van der Waals surface area contributed by atoms with Crippen LogP contribution < -0.4 is 39.6 Å². The summed E-state index contributed by atoms with van der Waals surface area (Å²) in [7, 11) is -2.77. The zero-order chi connectivity index (χ0) is 45.3. The number of carbonyl (C=O) groups is 5. The number of carbonyl (C=O) groups excluding carboxylic acids is 5. The van der Waals surface area contributed by atoms with Crippen molar-refractivity contribution in [3.8, 4) is 34.3 Å². The van der Waals surface area contributed by atoms with Gasteiger partial charge in [0.15, 0.2) is 11.5 Å². The van der Waals surface area contributed by atoms with Crippen molar-refractivity contribution < 1.29 is 56.1 Å². The van der Waals surface area contributed by atoms with Gasteiger partial charge in [0.1, 0.15) is 40.8 Å². The van der Waals surface area contributed by atoms with E-state index in [1.54, 1.807) is 84.2 Å². The molecule has 19 heteroatoms. The van der Waals surface area contributed by atoms with Gasteiger partial charge in [0.25, 0.3) is 15.9 Å². The quantitative estimate of drug-likeness (QED) is 0.150. The minimum atomic E-state index is -4.32. The van der Waals surface area contributed by atoms with Gasteiger partial charge in [-0.2, -0.15) is 0 Å². The number of benzene rings is 3. The fourth-order valence-corrected chi connectivity index (χ4v) is 8.50. The van der Waals surface area contributed by atoms with Crippen molar-refractivity contribution in [2.45, 2.75) is 94.5 Å². The number of rotatable bonds is 12. The number of nitrogens with zero attached hydrogens (tertiary/aromatic N) is 2. The van der Waals surface area contributed by atoms with Gasteiger partial charge in [-0.05, 0) is 88.4 Å². The summed E-state index contributed by atoms with van der Waals surface area (Å²) >= 11 is 0. The van der Waals surface area contributed by atoms with E-state index >= 15 is 0 Å². The van der Waals surface area contributed by atoms with Gasteiger partial charge in [-0.1, -0.05) is 32.0 Å². The largest absolute Gasteiger partial charge is 0.497 e. The Hall–Kier alpha value is -6.63. The molecule has 3 atom stereocenters. The summed E-state index contributed by atoms with van der Waals surface area (Å²) in [6.45, 7) is 8.54. The number of imide groups is 1. The smallest absolute Gasteiger partial charge is 0.408 e. The van der Waals surface area contributed by atoms with E-state index in [0.29, 0.717) is 51.6 Å². The van der Waals surface area contributed by atoms with Crippen LogP contribution in [0.25, 0.3) is 22.2 Å². The molecule has 0 spiro atoms. The number of methoxy groups -OCH3 is 1. The van der Waals surface area contributed by atoms with Crippen LogP contribution in [0.2, 0.25) is 0 Å². The van der Waals surface area contributed by atoms with Gasteiger partial charge < -0.3 is 39.2 Å². The lowest BCUT2D eigenvalue weighted by molar-refractivity contribution is -0.144. The highest BCUT2D eigenvalue weighted by molar-refractivity contribution is 7.90. The van der Waals surface area contributed by atoms with Gasteiger partial charge in [0.2, 0.25) is 18.6 Å². The number of urea groups is 1. The molecule has 2 aliphatic heterocycles. The first kappa shape index (κ1) is 44.4. The number of sulfonamides is 1. The van der Waals surface area contributed by atoms with Gasteiger partial charge in [-0.25, -0.2) is 27.7 Å². The number of amides is 6. The molecule has 1 saturated carbocycles. The van der Waals surface area contributed by atoms with Crippen molar-refractivity contribution in [1.29, 1.82) is 0 Å². The Morgan fingerprint density at radius 3 is 2.33 bits per heavy atom. The molecule has 1 saturated heterocycles. The number of alkyl carbamates (subject to hydrolysis) is 1. The van der Waals surface area contributed by atoms with Gasteiger partial charge in [-0.15, -0.1) is 0 Å². The lowest BCUT2D eigenvalue weighted by Gasteiger charge is -2.41. The van der Waals surface area contributed by atoms with Crippen LogP contribution in [0.15, 0.2) is 77.7 Å². The number of hydrogen-bond acceptors (Lipinski definition) is 13. The lowest BCUT2D eigenvalue weighted by Crippen LogP contribution is -2.66. The van der Waals surface area contributed by atoms with Crippen molar-refractivity contribution >= 4 is 50.8 Å². The van der Waals surface area contributed by atoms with Crippen molar-refractivity contribution in [3.05, 3.63) is 72.8 Å². The van der Waals surface area contributed by atoms with Crippen LogP contribution in [0.3, 0.4) is 0 Å². The number of ether oxygens (including phenoxy) is 5. The third kappa shape index (κ3) is 9.88. The molecule has 1 aliphatic carbocycles. The zero-order valence-electron chi connectivity index (χ0n) is 35.7. The number of nitrogens with one attached hydrogen (secondary N) is 4. The molecule has 18 nitrogen and oxygen atoms in total. The van der Waals surface area contributed by atoms with E-state index in [4.69, 9.17) is 28.7 Å². The Morgan fingerprint density at radius 1 is 0.937 bits per heavy atom. The molecule has 4 aromatic rings. The molecule has 0 bridgehead atoms. The predicted molar refractivity (Wildman–Crippen MR) is 227 cm³/mol. The van der Waals surface area contributed by atoms with Crippen LogP contribution in [-0.2, 0) is 29.1 Å². The number of pyridine rings is 1. The molecular weight excluding hydrogens is 837 g/mol. The zero-order valence-corrected chi connectivity index (χ0v) is 36.5. The van der Waals surface area contributed by atoms with Crippen LogP contribution in [0.4, 0.5) is 9.59 Å². The highest BCUT2D eigenvalue weighted by Gasteiger charge is 2.50. The molecule has 63 heavy (non-hydrogen) atoms. The first-order chi connectivity index (χ1) is 29.8. The molecule has 0 unspecified atom stereocenters. The number of fused-ring (bicyclic) bond motifs is 2. The van der Waals surface area contributed by atoms with Crippen LogP contribution in [0.1, 0.15) is 60.3 Å². The highest BCUT2D eigenvalue weighted by Crippen LogP contribution is 2.39. The summed E-state index contributed by atoms with van der Waals surface area (Å²) in [5.74, 6) is -0.584. The Balaban J connectivity index is 1.17. The van der Waals surface area contributed by atoms with Crippen LogP contribution >= 0.6 is 0 Å². The molecule has 3 heterocycles. The van der Waals surface area contributed by atoms with Crippen molar-refractivity contribution in [2.75, 3.05) is 20.4 Å². The molecular formula is C44H50N6O12S. The Kier molecular flexibility index (Phi) is 12.4. The first-order valence-corrected chi connectivity index (χ1v) is 21.9. The third-order valence-electron chi connectivity index (χ3n) is 10.9. The molecule has 4 N–H and O–H groups in total. The predicted octanol–water partition coefficient (Wildman–Crippen LogP) is 4.79. The number of likely N-dealkylation sites (tertiary alicyclic amines) is 1. The third-order valence-corrected chi connectivity index (χ3v) is 12.3. The van der Waals surface area contributed by atoms with Crippen molar-refractivity contribution in [1.82, 2.24) is 30.6 Å². The van der Waals surface area contributed by atoms with Gasteiger partial charge in [-0.3, -0.25) is 19.7 Å². The van der Waals surface area contributed by atoms with Crippen molar-refractivity contribution in [3.63, 3.8) is 0 Å². The average molecular weight is 887 g/mol. The standard InChI is InChI=1S/C44H50N6O12S/c1-25(2)37(46-42(55)62-43(3,4)5)39(52)50-23-28(61-35-22-31(26-13-16-34-36(19-26)60-24-59-34)45-32-20-27(58-6)14-15-30(32)35)21-33(50)38(51)48-44(17-10-18-44)40(53)47-41(54)49-63(56,57)29-11-8-7-9-12-29/h7-9,11-16,19-20,22,25,28,33,37H,10,17-18,21,23-24H2,1-6H3,(H,46,55)(H,48,51)(H2,47,49,53,54)/t28-,33+,37+/m1/s1. The maximum Gasteiger partial charge on any atom is 0.408 e. The van der Waals surface area contributed by atoms with Gasteiger partial charge in [0, 0.05) is 29.5 Å². The van der Waals surface area contributed by atoms with E-state index < -0.39 is 75.1 Å². The highest BCUT2D eigenvalue weighted by atomic mass is 32.2. The number of hydrogen-bond donors (Lipinski definition) is 4. The normalized spacial score (nSPS) is 18.2. The minimum absolute atomic E-state index is 0.0400. The van der Waals surface area contributed by atoms with Crippen LogP contribution in [0.5, 0.6) is 23.0 Å². The second-order valence-electron chi connectivity index (χ2n) is 16.9. The van der Waals surface area contributed by atoms with E-state index in [1.807, 2.05) is 10.8 Å².